The van der Waals surface area contributed by atoms with Crippen LogP contribution in [0, 0.1) is 13.8 Å². The first-order valence-electron chi connectivity index (χ1n) is 11.2. The third kappa shape index (κ3) is 5.92. The minimum Gasteiger partial charge on any atom is -0.491 e. The molecule has 1 atom stereocenters. The molecule has 0 aliphatic carbocycles. The van der Waals surface area contributed by atoms with Crippen LogP contribution in [0.4, 0.5) is 4.79 Å². The van der Waals surface area contributed by atoms with Crippen LogP contribution in [0.5, 0.6) is 5.75 Å². The van der Waals surface area contributed by atoms with E-state index in [0.717, 1.165) is 31.8 Å². The van der Waals surface area contributed by atoms with Crippen LogP contribution in [-0.4, -0.2) is 46.5 Å². The molecule has 1 unspecified atom stereocenters. The van der Waals surface area contributed by atoms with E-state index in [4.69, 9.17) is 18.5 Å². The topological polar surface area (TPSA) is 103 Å². The Morgan fingerprint density at radius 3 is 2.70 bits per heavy atom. The quantitative estimate of drug-likeness (QED) is 0.539. The summed E-state index contributed by atoms with van der Waals surface area (Å²) in [6.07, 6.45) is 0.576. The monoisotopic (exact) mass is 454 g/mol. The van der Waals surface area contributed by atoms with Crippen molar-refractivity contribution in [2.75, 3.05) is 13.1 Å². The van der Waals surface area contributed by atoms with Gasteiger partial charge >= 0.3 is 6.09 Å². The number of benzene rings is 1. The summed E-state index contributed by atoms with van der Waals surface area (Å²) in [7, 11) is 0. The van der Waals surface area contributed by atoms with Crippen molar-refractivity contribution in [1.82, 2.24) is 20.5 Å². The molecule has 2 aromatic heterocycles. The zero-order valence-electron chi connectivity index (χ0n) is 19.5. The number of hydrogen-bond donors (Lipinski definition) is 1. The van der Waals surface area contributed by atoms with Crippen molar-refractivity contribution in [1.29, 1.82) is 0 Å². The van der Waals surface area contributed by atoms with Crippen LogP contribution < -0.4 is 10.1 Å². The van der Waals surface area contributed by atoms with E-state index < -0.39 is 6.09 Å². The summed E-state index contributed by atoms with van der Waals surface area (Å²) in [5.41, 5.74) is 3.07. The second kappa shape index (κ2) is 10.1. The van der Waals surface area contributed by atoms with Crippen molar-refractivity contribution in [2.24, 2.45) is 0 Å². The summed E-state index contributed by atoms with van der Waals surface area (Å²) in [4.78, 5) is 14.7. The van der Waals surface area contributed by atoms with Gasteiger partial charge in [0, 0.05) is 31.7 Å². The number of ether oxygens (including phenoxy) is 2. The largest absolute Gasteiger partial charge is 0.491 e. The fraction of sp³-hybridized carbons (Fsp3) is 0.458. The Bertz CT molecular complexity index is 1070. The highest BCUT2D eigenvalue weighted by Crippen LogP contribution is 2.26. The molecule has 0 spiro atoms. The Hall–Kier alpha value is -3.33. The molecule has 0 radical (unpaired) electrons. The predicted octanol–water partition coefficient (Wildman–Crippen LogP) is 4.23. The van der Waals surface area contributed by atoms with Gasteiger partial charge in [0.15, 0.2) is 11.5 Å². The molecular weight excluding hydrogens is 424 g/mol. The minimum atomic E-state index is -0.458. The van der Waals surface area contributed by atoms with Gasteiger partial charge in [0.1, 0.15) is 18.1 Å². The molecule has 176 valence electrons. The van der Waals surface area contributed by atoms with Crippen molar-refractivity contribution in [3.05, 3.63) is 52.9 Å². The molecule has 33 heavy (non-hydrogen) atoms. The molecule has 9 heteroatoms. The fourth-order valence-electron chi connectivity index (χ4n) is 3.88. The van der Waals surface area contributed by atoms with E-state index in [-0.39, 0.29) is 18.8 Å². The van der Waals surface area contributed by atoms with Crippen LogP contribution in [0.15, 0.2) is 39.4 Å². The highest BCUT2D eigenvalue weighted by molar-refractivity contribution is 5.68. The fourth-order valence-corrected chi connectivity index (χ4v) is 3.88. The molecule has 4 rings (SSSR count). The molecule has 9 nitrogen and oxygen atoms in total. The first-order chi connectivity index (χ1) is 15.9. The normalized spacial score (nSPS) is 16.3. The first kappa shape index (κ1) is 22.8. The van der Waals surface area contributed by atoms with Crippen LogP contribution in [0.25, 0.3) is 11.5 Å². The Morgan fingerprint density at radius 1 is 1.21 bits per heavy atom. The zero-order valence-corrected chi connectivity index (χ0v) is 19.5. The van der Waals surface area contributed by atoms with Crippen LogP contribution in [0.2, 0.25) is 0 Å². The molecule has 1 aliphatic rings. The number of rotatable bonds is 8. The lowest BCUT2D eigenvalue weighted by Gasteiger charge is -2.17. The molecule has 1 fully saturated rings. The van der Waals surface area contributed by atoms with Gasteiger partial charge in [-0.1, -0.05) is 22.4 Å². The Morgan fingerprint density at radius 2 is 2.00 bits per heavy atom. The van der Waals surface area contributed by atoms with Crippen molar-refractivity contribution in [3.8, 4) is 17.2 Å². The van der Waals surface area contributed by atoms with Crippen LogP contribution in [-0.2, 0) is 17.9 Å². The number of hydrogen-bond acceptors (Lipinski definition) is 8. The van der Waals surface area contributed by atoms with E-state index in [1.54, 1.807) is 19.9 Å². The van der Waals surface area contributed by atoms with E-state index in [1.165, 1.54) is 5.56 Å². The number of likely N-dealkylation sites (tertiary alicyclic amines) is 1. The number of nitrogens with zero attached hydrogens (tertiary/aromatic N) is 3. The van der Waals surface area contributed by atoms with Crippen molar-refractivity contribution in [2.45, 2.75) is 59.4 Å². The molecule has 0 bridgehead atoms. The van der Waals surface area contributed by atoms with Crippen LogP contribution in [0.1, 0.15) is 42.8 Å². The Labute approximate surface area is 193 Å². The number of aromatic nitrogens is 2. The van der Waals surface area contributed by atoms with E-state index in [9.17, 15) is 4.79 Å². The number of alkyl carbamates (subject to hydrolysis) is 1. The standard InChI is InChI=1S/C24H30N4O5/c1-15(2)31-20-7-5-18(6-8-20)12-28-10-9-19(13-28)25-24(29)30-14-21-17(4)26-33-23(21)22-11-16(3)32-27-22/h5-8,11,15,19H,9-10,12-14H2,1-4H3,(H,25,29). The summed E-state index contributed by atoms with van der Waals surface area (Å²) < 4.78 is 21.6. The van der Waals surface area contributed by atoms with Gasteiger partial charge in [-0.15, -0.1) is 0 Å². The Kier molecular flexibility index (Phi) is 6.98. The maximum absolute atomic E-state index is 12.4. The van der Waals surface area contributed by atoms with Gasteiger partial charge in [-0.2, -0.15) is 0 Å². The summed E-state index contributed by atoms with van der Waals surface area (Å²) in [5, 5.41) is 10.9. The molecule has 1 aliphatic heterocycles. The van der Waals surface area contributed by atoms with Gasteiger partial charge in [-0.25, -0.2) is 4.79 Å². The van der Waals surface area contributed by atoms with E-state index in [0.29, 0.717) is 28.5 Å². The van der Waals surface area contributed by atoms with Crippen molar-refractivity contribution < 1.29 is 23.3 Å². The summed E-state index contributed by atoms with van der Waals surface area (Å²) >= 11 is 0. The number of aryl methyl sites for hydroxylation is 2. The molecule has 3 aromatic rings. The molecule has 0 saturated carbocycles. The summed E-state index contributed by atoms with van der Waals surface area (Å²) in [5.74, 6) is 1.99. The summed E-state index contributed by atoms with van der Waals surface area (Å²) in [6.45, 7) is 10.2. The van der Waals surface area contributed by atoms with Gasteiger partial charge in [-0.05, 0) is 51.8 Å². The maximum Gasteiger partial charge on any atom is 0.407 e. The first-order valence-corrected chi connectivity index (χ1v) is 11.2. The molecule has 1 amide bonds. The highest BCUT2D eigenvalue weighted by Gasteiger charge is 2.25. The third-order valence-corrected chi connectivity index (χ3v) is 5.49. The number of amides is 1. The summed E-state index contributed by atoms with van der Waals surface area (Å²) in [6, 6.07) is 9.97. The molecular formula is C24H30N4O5. The Balaban J connectivity index is 1.25. The lowest BCUT2D eigenvalue weighted by atomic mass is 10.1. The molecule has 1 saturated heterocycles. The van der Waals surface area contributed by atoms with Gasteiger partial charge in [0.05, 0.1) is 17.4 Å². The molecule has 1 N–H and O–H groups in total. The van der Waals surface area contributed by atoms with Gasteiger partial charge < -0.3 is 23.8 Å². The average molecular weight is 455 g/mol. The number of carbonyl (C=O) groups excluding carboxylic acids is 1. The van der Waals surface area contributed by atoms with Crippen molar-refractivity contribution in [3.63, 3.8) is 0 Å². The SMILES string of the molecule is Cc1cc(-c2onc(C)c2COC(=O)NC2CCN(Cc3ccc(OC(C)C)cc3)C2)no1. The van der Waals surface area contributed by atoms with Crippen LogP contribution >= 0.6 is 0 Å². The van der Waals surface area contributed by atoms with E-state index >= 15 is 0 Å². The third-order valence-electron chi connectivity index (χ3n) is 5.49. The number of nitrogens with one attached hydrogen (secondary N) is 1. The van der Waals surface area contributed by atoms with Gasteiger partial charge in [0.2, 0.25) is 0 Å². The van der Waals surface area contributed by atoms with Gasteiger partial charge in [-0.3, -0.25) is 4.90 Å². The molecule has 1 aromatic carbocycles. The smallest absolute Gasteiger partial charge is 0.407 e. The van der Waals surface area contributed by atoms with Crippen molar-refractivity contribution >= 4 is 6.09 Å². The molecule has 3 heterocycles. The maximum atomic E-state index is 12.4. The van der Waals surface area contributed by atoms with E-state index in [1.807, 2.05) is 26.0 Å². The van der Waals surface area contributed by atoms with E-state index in [2.05, 4.69) is 32.7 Å². The minimum absolute atomic E-state index is 0.0438. The average Bonchev–Trinajstić information content (AvgIpc) is 3.48. The number of carbonyl (C=O) groups is 1. The lowest BCUT2D eigenvalue weighted by Crippen LogP contribution is -2.37. The van der Waals surface area contributed by atoms with Gasteiger partial charge in [0.25, 0.3) is 0 Å². The second-order valence-corrected chi connectivity index (χ2v) is 8.65. The van der Waals surface area contributed by atoms with Crippen LogP contribution in [0.3, 0.4) is 0 Å². The zero-order chi connectivity index (χ0) is 23.4. The lowest BCUT2D eigenvalue weighted by molar-refractivity contribution is 0.135. The highest BCUT2D eigenvalue weighted by atomic mass is 16.5. The predicted molar refractivity (Wildman–Crippen MR) is 121 cm³/mol. The second-order valence-electron chi connectivity index (χ2n) is 8.65.